The van der Waals surface area contributed by atoms with Crippen LogP contribution >= 0.6 is 23.1 Å². The van der Waals surface area contributed by atoms with Crippen molar-refractivity contribution < 1.29 is 14.4 Å². The minimum Gasteiger partial charge on any atom is -0.355 e. The molecule has 0 saturated carbocycles. The zero-order chi connectivity index (χ0) is 20.6. The van der Waals surface area contributed by atoms with E-state index in [1.807, 2.05) is 30.3 Å². The number of benzene rings is 1. The van der Waals surface area contributed by atoms with Gasteiger partial charge in [-0.1, -0.05) is 36.4 Å². The van der Waals surface area contributed by atoms with E-state index in [1.54, 1.807) is 17.5 Å². The molecule has 154 valence electrons. The summed E-state index contributed by atoms with van der Waals surface area (Å²) in [5, 5.41) is 13.0. The molecule has 2 aromatic rings. The Hall–Kier alpha value is -2.40. The van der Waals surface area contributed by atoms with Crippen LogP contribution in [0.15, 0.2) is 47.8 Å². The third kappa shape index (κ3) is 6.29. The zero-order valence-corrected chi connectivity index (χ0v) is 17.2. The Morgan fingerprint density at radius 1 is 1.17 bits per heavy atom. The first kappa shape index (κ1) is 21.3. The monoisotopic (exact) mass is 433 g/mol. The molecule has 3 unspecified atom stereocenters. The van der Waals surface area contributed by atoms with Crippen LogP contribution in [0.25, 0.3) is 0 Å². The van der Waals surface area contributed by atoms with E-state index in [9.17, 15) is 14.4 Å². The summed E-state index contributed by atoms with van der Waals surface area (Å²) in [6, 6.07) is 12.4. The number of carbonyl (C=O) groups excluding carboxylic acids is 3. The molecule has 3 amide bonds. The van der Waals surface area contributed by atoms with E-state index in [0.29, 0.717) is 11.4 Å². The van der Waals surface area contributed by atoms with E-state index in [2.05, 4.69) is 21.3 Å². The van der Waals surface area contributed by atoms with E-state index in [-0.39, 0.29) is 23.5 Å². The van der Waals surface area contributed by atoms with Gasteiger partial charge >= 0.3 is 0 Å². The Kier molecular flexibility index (Phi) is 7.64. The number of hydrogen-bond donors (Lipinski definition) is 5. The van der Waals surface area contributed by atoms with Gasteiger partial charge in [0, 0.05) is 6.54 Å². The second-order valence-corrected chi connectivity index (χ2v) is 8.45. The van der Waals surface area contributed by atoms with Crippen LogP contribution in [0.1, 0.15) is 15.2 Å². The van der Waals surface area contributed by atoms with Gasteiger partial charge in [-0.25, -0.2) is 0 Å². The summed E-state index contributed by atoms with van der Waals surface area (Å²) >= 11 is 2.52. The van der Waals surface area contributed by atoms with Gasteiger partial charge in [0.2, 0.25) is 11.8 Å². The van der Waals surface area contributed by atoms with Gasteiger partial charge in [0.25, 0.3) is 5.91 Å². The summed E-state index contributed by atoms with van der Waals surface area (Å²) in [5.74, 6) is -0.681. The fraction of sp³-hybridized carbons (Fsp3) is 0.316. The highest BCUT2D eigenvalue weighted by molar-refractivity contribution is 8.00. The largest absolute Gasteiger partial charge is 0.355 e. The van der Waals surface area contributed by atoms with Gasteiger partial charge in [0.1, 0.15) is 11.5 Å². The first-order chi connectivity index (χ1) is 14.0. The average molecular weight is 434 g/mol. The molecule has 8 nitrogen and oxygen atoms in total. The summed E-state index contributed by atoms with van der Waals surface area (Å²) in [7, 11) is 0. The van der Waals surface area contributed by atoms with Crippen molar-refractivity contribution in [2.45, 2.75) is 24.1 Å². The molecule has 1 aromatic heterocycles. The van der Waals surface area contributed by atoms with E-state index in [1.165, 1.54) is 23.1 Å². The zero-order valence-electron chi connectivity index (χ0n) is 15.6. The lowest BCUT2D eigenvalue weighted by Gasteiger charge is -2.35. The van der Waals surface area contributed by atoms with Crippen molar-refractivity contribution in [3.05, 3.63) is 58.3 Å². The lowest BCUT2D eigenvalue weighted by molar-refractivity contribution is -0.125. The van der Waals surface area contributed by atoms with Gasteiger partial charge in [-0.15, -0.1) is 23.1 Å². The molecule has 1 aliphatic rings. The number of hydrogen-bond acceptors (Lipinski definition) is 7. The fourth-order valence-corrected chi connectivity index (χ4v) is 4.26. The molecule has 1 aliphatic heterocycles. The number of nitrogens with one attached hydrogen (secondary N) is 4. The highest BCUT2D eigenvalue weighted by Crippen LogP contribution is 2.13. The Balaban J connectivity index is 1.38. The summed E-state index contributed by atoms with van der Waals surface area (Å²) in [6.07, 6.45) is -0.00195. The van der Waals surface area contributed by atoms with E-state index >= 15 is 0 Å². The maximum atomic E-state index is 12.3. The maximum absolute atomic E-state index is 12.3. The summed E-state index contributed by atoms with van der Waals surface area (Å²) in [4.78, 5) is 37.0. The first-order valence-electron chi connectivity index (χ1n) is 9.11. The molecule has 3 atom stereocenters. The molecule has 0 spiro atoms. The third-order valence-corrected chi connectivity index (χ3v) is 6.13. The molecule has 1 aromatic carbocycles. The van der Waals surface area contributed by atoms with Crippen LogP contribution in [0.4, 0.5) is 0 Å². The molecule has 1 fully saturated rings. The summed E-state index contributed by atoms with van der Waals surface area (Å²) < 4.78 is 0. The fourth-order valence-electron chi connectivity index (χ4n) is 2.76. The minimum atomic E-state index is -0.888. The Bertz CT molecular complexity index is 832. The van der Waals surface area contributed by atoms with E-state index < -0.39 is 17.7 Å². The van der Waals surface area contributed by atoms with Crippen molar-refractivity contribution in [3.8, 4) is 0 Å². The number of thioether (sulfide) groups is 1. The Morgan fingerprint density at radius 2 is 1.97 bits per heavy atom. The number of rotatable bonds is 8. The lowest BCUT2D eigenvalue weighted by atomic mass is 10.1. The average Bonchev–Trinajstić information content (AvgIpc) is 3.25. The quantitative estimate of drug-likeness (QED) is 0.406. The van der Waals surface area contributed by atoms with Gasteiger partial charge in [-0.3, -0.25) is 19.7 Å². The SMILES string of the molecule is NC1NC(SCC(=O)NCCc2ccccc2)NC(=O)C1NC(=O)c1cccs1. The van der Waals surface area contributed by atoms with Crippen molar-refractivity contribution in [1.29, 1.82) is 0 Å². The topological polar surface area (TPSA) is 125 Å². The Morgan fingerprint density at radius 3 is 2.66 bits per heavy atom. The second-order valence-electron chi connectivity index (χ2n) is 6.41. The van der Waals surface area contributed by atoms with Crippen molar-refractivity contribution >= 4 is 40.8 Å². The van der Waals surface area contributed by atoms with Crippen LogP contribution in [0.2, 0.25) is 0 Å². The van der Waals surface area contributed by atoms with Crippen molar-refractivity contribution in [3.63, 3.8) is 0 Å². The molecule has 10 heteroatoms. The maximum Gasteiger partial charge on any atom is 0.262 e. The molecule has 1 saturated heterocycles. The highest BCUT2D eigenvalue weighted by atomic mass is 32.2. The standard InChI is InChI=1S/C19H23N5O3S2/c20-16-15(22-17(26)13-7-4-10-28-13)18(27)24-19(23-16)29-11-14(25)21-9-8-12-5-2-1-3-6-12/h1-7,10,15-16,19,23H,8-9,11,20H2,(H,21,25)(H,22,26)(H,24,27). The van der Waals surface area contributed by atoms with E-state index in [0.717, 1.165) is 12.0 Å². The molecule has 0 aliphatic carbocycles. The van der Waals surface area contributed by atoms with Crippen molar-refractivity contribution in [2.75, 3.05) is 12.3 Å². The molecule has 0 bridgehead atoms. The Labute approximate surface area is 177 Å². The van der Waals surface area contributed by atoms with Gasteiger partial charge in [0.15, 0.2) is 0 Å². The third-order valence-electron chi connectivity index (χ3n) is 4.25. The highest BCUT2D eigenvalue weighted by Gasteiger charge is 2.35. The molecular formula is C19H23N5O3S2. The van der Waals surface area contributed by atoms with Crippen LogP contribution < -0.4 is 27.0 Å². The summed E-state index contributed by atoms with van der Waals surface area (Å²) in [6.45, 7) is 0.546. The molecule has 2 heterocycles. The lowest BCUT2D eigenvalue weighted by Crippen LogP contribution is -2.70. The van der Waals surface area contributed by atoms with Gasteiger partial charge < -0.3 is 21.7 Å². The van der Waals surface area contributed by atoms with Gasteiger partial charge in [-0.2, -0.15) is 0 Å². The molecule has 0 radical (unpaired) electrons. The minimum absolute atomic E-state index is 0.122. The molecule has 3 rings (SSSR count). The second kappa shape index (κ2) is 10.4. The number of thiophene rings is 1. The normalized spacial score (nSPS) is 21.3. The van der Waals surface area contributed by atoms with Crippen LogP contribution in [0.5, 0.6) is 0 Å². The number of nitrogens with two attached hydrogens (primary N) is 1. The smallest absolute Gasteiger partial charge is 0.262 e. The summed E-state index contributed by atoms with van der Waals surface area (Å²) in [5.41, 5.74) is 6.66. The van der Waals surface area contributed by atoms with Crippen LogP contribution in [-0.2, 0) is 16.0 Å². The number of carbonyl (C=O) groups is 3. The van der Waals surface area contributed by atoms with Crippen LogP contribution in [0.3, 0.4) is 0 Å². The number of amides is 3. The van der Waals surface area contributed by atoms with Gasteiger partial charge in [0.05, 0.1) is 16.8 Å². The molecule has 29 heavy (non-hydrogen) atoms. The first-order valence-corrected chi connectivity index (χ1v) is 11.0. The molecule has 6 N–H and O–H groups in total. The van der Waals surface area contributed by atoms with Crippen molar-refractivity contribution in [2.24, 2.45) is 5.73 Å². The van der Waals surface area contributed by atoms with Crippen molar-refractivity contribution in [1.82, 2.24) is 21.3 Å². The molecular weight excluding hydrogens is 410 g/mol. The van der Waals surface area contributed by atoms with Crippen LogP contribution in [0, 0.1) is 0 Å². The van der Waals surface area contributed by atoms with Gasteiger partial charge in [-0.05, 0) is 23.4 Å². The van der Waals surface area contributed by atoms with E-state index in [4.69, 9.17) is 5.73 Å². The van der Waals surface area contributed by atoms with Crippen LogP contribution in [-0.4, -0.2) is 47.7 Å². The predicted octanol–water partition coefficient (Wildman–Crippen LogP) is 0.226. The predicted molar refractivity (Wildman–Crippen MR) is 114 cm³/mol.